The molecule has 0 aliphatic rings. The van der Waals surface area contributed by atoms with E-state index < -0.39 is 5.97 Å². The van der Waals surface area contributed by atoms with E-state index >= 15 is 0 Å². The number of carboxylic acid groups (broad SMARTS) is 1. The maximum atomic E-state index is 13.3. The molecule has 0 aliphatic heterocycles. The summed E-state index contributed by atoms with van der Waals surface area (Å²) in [6, 6.07) is 28.1. The van der Waals surface area contributed by atoms with E-state index in [9.17, 15) is 9.59 Å². The van der Waals surface area contributed by atoms with E-state index in [0.29, 0.717) is 12.1 Å². The lowest BCUT2D eigenvalue weighted by Crippen LogP contribution is -2.27. The molecule has 0 aliphatic carbocycles. The zero-order valence-corrected chi connectivity index (χ0v) is 19.8. The Morgan fingerprint density at radius 1 is 0.917 bits per heavy atom. The molecule has 1 unspecified atom stereocenters. The highest BCUT2D eigenvalue weighted by Gasteiger charge is 2.17. The van der Waals surface area contributed by atoms with Gasteiger partial charge in [0.1, 0.15) is 0 Å². The smallest absolute Gasteiger partial charge is 0.335 e. The van der Waals surface area contributed by atoms with E-state index in [2.05, 4.69) is 20.9 Å². The zero-order valence-electron chi connectivity index (χ0n) is 19.8. The van der Waals surface area contributed by atoms with Crippen molar-refractivity contribution in [2.75, 3.05) is 0 Å². The Morgan fingerprint density at radius 2 is 1.69 bits per heavy atom. The lowest BCUT2D eigenvalue weighted by molar-refractivity contribution is 0.0696. The molecule has 0 radical (unpaired) electrons. The van der Waals surface area contributed by atoms with Gasteiger partial charge in [0.15, 0.2) is 0 Å². The molecule has 2 heterocycles. The van der Waals surface area contributed by atoms with Crippen molar-refractivity contribution in [3.05, 3.63) is 126 Å². The fourth-order valence-corrected chi connectivity index (χ4v) is 4.34. The van der Waals surface area contributed by atoms with Crippen LogP contribution in [0.5, 0.6) is 0 Å². The van der Waals surface area contributed by atoms with Gasteiger partial charge in [-0.25, -0.2) is 4.79 Å². The Labute approximate surface area is 208 Å². The fraction of sp³-hybridized carbons (Fsp3) is 0.100. The summed E-state index contributed by atoms with van der Waals surface area (Å²) in [5.41, 5.74) is 5.51. The zero-order chi connectivity index (χ0) is 25.1. The van der Waals surface area contributed by atoms with Crippen molar-refractivity contribution in [1.29, 1.82) is 0 Å². The molecule has 1 amide bonds. The average molecular weight is 476 g/mol. The number of carboxylic acids is 1. The highest BCUT2D eigenvalue weighted by atomic mass is 16.4. The summed E-state index contributed by atoms with van der Waals surface area (Å²) in [4.78, 5) is 29.0. The van der Waals surface area contributed by atoms with E-state index in [1.807, 2.05) is 80.0 Å². The molecule has 0 bridgehead atoms. The maximum Gasteiger partial charge on any atom is 0.335 e. The number of aromatic carboxylic acids is 1. The van der Waals surface area contributed by atoms with E-state index in [1.165, 1.54) is 0 Å². The Kier molecular flexibility index (Phi) is 6.33. The second kappa shape index (κ2) is 9.88. The van der Waals surface area contributed by atoms with Crippen LogP contribution >= 0.6 is 0 Å². The van der Waals surface area contributed by atoms with Crippen LogP contribution in [-0.2, 0) is 6.54 Å². The number of amides is 1. The standard InChI is InChI=1S/C30H25N3O3/c1-20(22-11-13-25(14-12-22)30(35)36)32-29(34)26-9-5-8-24-16-17-33(28(24)26)19-21-10-15-27(31-18-21)23-6-3-2-4-7-23/h2-18,20H,19H2,1H3,(H,32,34)(H,35,36). The van der Waals surface area contributed by atoms with Gasteiger partial charge >= 0.3 is 5.97 Å². The first-order valence-corrected chi connectivity index (χ1v) is 11.7. The summed E-state index contributed by atoms with van der Waals surface area (Å²) in [5, 5.41) is 13.1. The number of para-hydroxylation sites is 1. The summed E-state index contributed by atoms with van der Waals surface area (Å²) in [6.07, 6.45) is 3.86. The predicted molar refractivity (Wildman–Crippen MR) is 140 cm³/mol. The number of carbonyl (C=O) groups is 2. The summed E-state index contributed by atoms with van der Waals surface area (Å²) >= 11 is 0. The van der Waals surface area contributed by atoms with Crippen LogP contribution in [0, 0.1) is 0 Å². The fourth-order valence-electron chi connectivity index (χ4n) is 4.34. The molecule has 178 valence electrons. The average Bonchev–Trinajstić information content (AvgIpc) is 3.32. The van der Waals surface area contributed by atoms with E-state index in [0.717, 1.165) is 33.3 Å². The van der Waals surface area contributed by atoms with Crippen molar-refractivity contribution in [3.63, 3.8) is 0 Å². The van der Waals surface area contributed by atoms with Crippen molar-refractivity contribution >= 4 is 22.8 Å². The summed E-state index contributed by atoms with van der Waals surface area (Å²) in [7, 11) is 0. The third kappa shape index (κ3) is 4.74. The molecule has 1 atom stereocenters. The van der Waals surface area contributed by atoms with Gasteiger partial charge in [-0.2, -0.15) is 0 Å². The molecule has 6 heteroatoms. The first-order valence-electron chi connectivity index (χ1n) is 11.7. The number of rotatable bonds is 7. The topological polar surface area (TPSA) is 84.2 Å². The van der Waals surface area contributed by atoms with Gasteiger partial charge in [0.25, 0.3) is 5.91 Å². The van der Waals surface area contributed by atoms with Crippen molar-refractivity contribution in [3.8, 4) is 11.3 Å². The Bertz CT molecular complexity index is 1520. The number of nitrogens with one attached hydrogen (secondary N) is 1. The summed E-state index contributed by atoms with van der Waals surface area (Å²) < 4.78 is 2.07. The van der Waals surface area contributed by atoms with Crippen LogP contribution in [0.15, 0.2) is 103 Å². The van der Waals surface area contributed by atoms with Gasteiger partial charge in [0.2, 0.25) is 0 Å². The number of benzene rings is 3. The molecule has 6 nitrogen and oxygen atoms in total. The highest BCUT2D eigenvalue weighted by Crippen LogP contribution is 2.24. The second-order valence-electron chi connectivity index (χ2n) is 8.73. The molecule has 0 spiro atoms. The SMILES string of the molecule is CC(NC(=O)c1cccc2ccn(Cc3ccc(-c4ccccc4)nc3)c12)c1ccc(C(=O)O)cc1. The molecule has 2 N–H and O–H groups in total. The molecule has 5 rings (SSSR count). The third-order valence-electron chi connectivity index (χ3n) is 6.29. The normalized spacial score (nSPS) is 11.8. The lowest BCUT2D eigenvalue weighted by Gasteiger charge is -2.16. The maximum absolute atomic E-state index is 13.3. The van der Waals surface area contributed by atoms with Gasteiger partial charge in [-0.3, -0.25) is 9.78 Å². The largest absolute Gasteiger partial charge is 0.478 e. The first kappa shape index (κ1) is 23.1. The van der Waals surface area contributed by atoms with E-state index in [4.69, 9.17) is 5.11 Å². The monoisotopic (exact) mass is 475 g/mol. The van der Waals surface area contributed by atoms with Crippen LogP contribution in [-0.4, -0.2) is 26.5 Å². The third-order valence-corrected chi connectivity index (χ3v) is 6.29. The Hall–Kier alpha value is -4.71. The number of pyridine rings is 1. The summed E-state index contributed by atoms with van der Waals surface area (Å²) in [6.45, 7) is 2.47. The number of carbonyl (C=O) groups excluding carboxylic acids is 1. The molecular weight excluding hydrogens is 450 g/mol. The molecule has 0 fully saturated rings. The van der Waals surface area contributed by atoms with Gasteiger partial charge in [-0.05, 0) is 48.4 Å². The van der Waals surface area contributed by atoms with Crippen molar-refractivity contribution in [2.45, 2.75) is 19.5 Å². The van der Waals surface area contributed by atoms with Crippen LogP contribution in [0.4, 0.5) is 0 Å². The molecular formula is C30H25N3O3. The highest BCUT2D eigenvalue weighted by molar-refractivity contribution is 6.06. The van der Waals surface area contributed by atoms with Crippen molar-refractivity contribution in [1.82, 2.24) is 14.9 Å². The minimum Gasteiger partial charge on any atom is -0.478 e. The van der Waals surface area contributed by atoms with Gasteiger partial charge in [-0.1, -0.05) is 60.7 Å². The van der Waals surface area contributed by atoms with Crippen LogP contribution in [0.3, 0.4) is 0 Å². The first-order chi connectivity index (χ1) is 17.5. The van der Waals surface area contributed by atoms with Crippen LogP contribution in [0.1, 0.15) is 44.8 Å². The van der Waals surface area contributed by atoms with Gasteiger partial charge in [0, 0.05) is 29.9 Å². The second-order valence-corrected chi connectivity index (χ2v) is 8.73. The number of hydrogen-bond donors (Lipinski definition) is 2. The van der Waals surface area contributed by atoms with Gasteiger partial charge < -0.3 is 15.0 Å². The minimum absolute atomic E-state index is 0.187. The van der Waals surface area contributed by atoms with Gasteiger partial charge in [-0.15, -0.1) is 0 Å². The molecule has 0 saturated heterocycles. The quantitative estimate of drug-likeness (QED) is 0.305. The Balaban J connectivity index is 1.37. The van der Waals surface area contributed by atoms with Crippen LogP contribution in [0.2, 0.25) is 0 Å². The minimum atomic E-state index is -0.976. The molecule has 36 heavy (non-hydrogen) atoms. The number of fused-ring (bicyclic) bond motifs is 1. The number of hydrogen-bond acceptors (Lipinski definition) is 3. The number of nitrogens with zero attached hydrogens (tertiary/aromatic N) is 2. The van der Waals surface area contributed by atoms with Crippen molar-refractivity contribution < 1.29 is 14.7 Å². The molecule has 3 aromatic carbocycles. The molecule has 5 aromatic rings. The van der Waals surface area contributed by atoms with E-state index in [-0.39, 0.29) is 17.5 Å². The van der Waals surface area contributed by atoms with Gasteiger partial charge in [0.05, 0.1) is 28.4 Å². The molecule has 0 saturated carbocycles. The van der Waals surface area contributed by atoms with Crippen LogP contribution in [0.25, 0.3) is 22.2 Å². The number of aromatic nitrogens is 2. The summed E-state index contributed by atoms with van der Waals surface area (Å²) in [5.74, 6) is -1.16. The molecule has 2 aromatic heterocycles. The van der Waals surface area contributed by atoms with Crippen molar-refractivity contribution in [2.24, 2.45) is 0 Å². The predicted octanol–water partition coefficient (Wildman–Crippen LogP) is 5.94. The van der Waals surface area contributed by atoms with Crippen LogP contribution < -0.4 is 5.32 Å². The van der Waals surface area contributed by atoms with E-state index in [1.54, 1.807) is 24.3 Å². The Morgan fingerprint density at radius 3 is 2.39 bits per heavy atom. The lowest BCUT2D eigenvalue weighted by atomic mass is 10.0.